The normalized spacial score (nSPS) is 32.3. The van der Waals surface area contributed by atoms with E-state index in [0.29, 0.717) is 0 Å². The maximum Gasteiger partial charge on any atom is -0.0233 e. The molecule has 2 atom stereocenters. The Morgan fingerprint density at radius 2 is 2.09 bits per heavy atom. The van der Waals surface area contributed by atoms with Crippen LogP contribution in [0.2, 0.25) is 0 Å². The molecule has 0 N–H and O–H groups in total. The minimum Gasteiger partial charge on any atom is -0.103 e. The molecule has 0 heterocycles. The van der Waals surface area contributed by atoms with E-state index in [9.17, 15) is 0 Å². The molecule has 1 aliphatic carbocycles. The minimum absolute atomic E-state index is 0.816. The Kier molecular flexibility index (Phi) is 3.16. The third-order valence-corrected chi connectivity index (χ3v) is 3.03. The van der Waals surface area contributed by atoms with Gasteiger partial charge in [-0.25, -0.2) is 0 Å². The van der Waals surface area contributed by atoms with Crippen LogP contribution in [0.15, 0.2) is 12.7 Å². The highest BCUT2D eigenvalue weighted by Gasteiger charge is 2.21. The molecule has 0 aliphatic heterocycles. The number of hydrogen-bond acceptors (Lipinski definition) is 0. The Hall–Kier alpha value is -0.260. The third-order valence-electron chi connectivity index (χ3n) is 3.03. The predicted octanol–water partition coefficient (Wildman–Crippen LogP) is 3.63. The zero-order chi connectivity index (χ0) is 8.27. The molecule has 0 spiro atoms. The molecule has 1 fully saturated rings. The summed E-state index contributed by atoms with van der Waals surface area (Å²) in [6.07, 6.45) is 7.78. The summed E-state index contributed by atoms with van der Waals surface area (Å²) in [5.41, 5.74) is 0. The lowest BCUT2D eigenvalue weighted by Gasteiger charge is -2.29. The standard InChI is InChI=1S/C11H20/c1-4-10-6-5-7-11(8-10)9(2)3/h4,9-11H,1,5-8H2,2-3H3. The smallest absolute Gasteiger partial charge is 0.0233 e. The van der Waals surface area contributed by atoms with Gasteiger partial charge in [0.2, 0.25) is 0 Å². The van der Waals surface area contributed by atoms with E-state index < -0.39 is 0 Å². The molecule has 0 aromatic carbocycles. The fraction of sp³-hybridized carbons (Fsp3) is 0.818. The summed E-state index contributed by atoms with van der Waals surface area (Å²) in [6.45, 7) is 8.56. The maximum atomic E-state index is 3.88. The van der Waals surface area contributed by atoms with Gasteiger partial charge in [-0.1, -0.05) is 32.8 Å². The number of hydrogen-bond donors (Lipinski definition) is 0. The van der Waals surface area contributed by atoms with Crippen LogP contribution in [-0.4, -0.2) is 0 Å². The van der Waals surface area contributed by atoms with E-state index in [0.717, 1.165) is 17.8 Å². The Bertz CT molecular complexity index is 124. The molecule has 1 saturated carbocycles. The Morgan fingerprint density at radius 3 is 2.64 bits per heavy atom. The second kappa shape index (κ2) is 3.94. The van der Waals surface area contributed by atoms with Crippen LogP contribution in [0.25, 0.3) is 0 Å². The van der Waals surface area contributed by atoms with E-state index in [1.54, 1.807) is 0 Å². The lowest BCUT2D eigenvalue weighted by Crippen LogP contribution is -2.18. The second-order valence-electron chi connectivity index (χ2n) is 4.17. The molecule has 0 radical (unpaired) electrons. The first-order chi connectivity index (χ1) is 5.24. The van der Waals surface area contributed by atoms with Crippen molar-refractivity contribution in [1.29, 1.82) is 0 Å². The first kappa shape index (κ1) is 8.83. The van der Waals surface area contributed by atoms with Crippen molar-refractivity contribution in [3.05, 3.63) is 12.7 Å². The molecule has 0 amide bonds. The topological polar surface area (TPSA) is 0 Å². The molecule has 64 valence electrons. The van der Waals surface area contributed by atoms with E-state index >= 15 is 0 Å². The summed E-state index contributed by atoms with van der Waals surface area (Å²) in [5.74, 6) is 2.65. The van der Waals surface area contributed by atoms with Gasteiger partial charge in [0, 0.05) is 0 Å². The molecule has 0 nitrogen and oxygen atoms in total. The summed E-state index contributed by atoms with van der Waals surface area (Å²) in [4.78, 5) is 0. The van der Waals surface area contributed by atoms with Crippen molar-refractivity contribution in [2.24, 2.45) is 17.8 Å². The zero-order valence-corrected chi connectivity index (χ0v) is 7.84. The van der Waals surface area contributed by atoms with Crippen molar-refractivity contribution in [3.63, 3.8) is 0 Å². The average Bonchev–Trinajstić information content (AvgIpc) is 2.05. The van der Waals surface area contributed by atoms with Gasteiger partial charge in [0.05, 0.1) is 0 Å². The number of rotatable bonds is 2. The summed E-state index contributed by atoms with van der Waals surface area (Å²) < 4.78 is 0. The van der Waals surface area contributed by atoms with Crippen LogP contribution in [0.3, 0.4) is 0 Å². The van der Waals surface area contributed by atoms with Gasteiger partial charge in [-0.3, -0.25) is 0 Å². The molecule has 0 aromatic heterocycles. The lowest BCUT2D eigenvalue weighted by molar-refractivity contribution is 0.242. The molecule has 0 heteroatoms. The average molecular weight is 152 g/mol. The van der Waals surface area contributed by atoms with Gasteiger partial charge in [-0.05, 0) is 30.6 Å². The highest BCUT2D eigenvalue weighted by molar-refractivity contribution is 4.85. The van der Waals surface area contributed by atoms with Gasteiger partial charge >= 0.3 is 0 Å². The van der Waals surface area contributed by atoms with Gasteiger partial charge in [0.15, 0.2) is 0 Å². The lowest BCUT2D eigenvalue weighted by atomic mass is 9.76. The minimum atomic E-state index is 0.816. The Balaban J connectivity index is 2.39. The van der Waals surface area contributed by atoms with E-state index in [1.165, 1.54) is 25.7 Å². The van der Waals surface area contributed by atoms with Gasteiger partial charge in [0.25, 0.3) is 0 Å². The van der Waals surface area contributed by atoms with E-state index in [4.69, 9.17) is 0 Å². The van der Waals surface area contributed by atoms with Crippen molar-refractivity contribution >= 4 is 0 Å². The van der Waals surface area contributed by atoms with Crippen LogP contribution in [0.4, 0.5) is 0 Å². The second-order valence-corrected chi connectivity index (χ2v) is 4.17. The third kappa shape index (κ3) is 2.36. The first-order valence-electron chi connectivity index (χ1n) is 4.86. The molecule has 0 saturated heterocycles. The van der Waals surface area contributed by atoms with E-state index in [-0.39, 0.29) is 0 Å². The number of allylic oxidation sites excluding steroid dienone is 1. The first-order valence-corrected chi connectivity index (χ1v) is 4.86. The SMILES string of the molecule is C=CC1CCCC(C(C)C)C1. The summed E-state index contributed by atoms with van der Waals surface area (Å²) in [7, 11) is 0. The molecule has 0 aromatic rings. The maximum absolute atomic E-state index is 3.88. The van der Waals surface area contributed by atoms with Crippen LogP contribution in [0.5, 0.6) is 0 Å². The van der Waals surface area contributed by atoms with Crippen LogP contribution in [-0.2, 0) is 0 Å². The van der Waals surface area contributed by atoms with Crippen LogP contribution in [0, 0.1) is 17.8 Å². The highest BCUT2D eigenvalue weighted by Crippen LogP contribution is 2.33. The molecule has 11 heavy (non-hydrogen) atoms. The Labute approximate surface area is 70.7 Å². The van der Waals surface area contributed by atoms with Crippen molar-refractivity contribution in [3.8, 4) is 0 Å². The van der Waals surface area contributed by atoms with Crippen molar-refractivity contribution in [2.75, 3.05) is 0 Å². The highest BCUT2D eigenvalue weighted by atomic mass is 14.3. The predicted molar refractivity (Wildman–Crippen MR) is 50.5 cm³/mol. The van der Waals surface area contributed by atoms with Crippen LogP contribution in [0.1, 0.15) is 39.5 Å². The molecule has 0 bridgehead atoms. The quantitative estimate of drug-likeness (QED) is 0.530. The van der Waals surface area contributed by atoms with Crippen molar-refractivity contribution < 1.29 is 0 Å². The van der Waals surface area contributed by atoms with Crippen molar-refractivity contribution in [1.82, 2.24) is 0 Å². The summed E-state index contributed by atoms with van der Waals surface area (Å²) in [5, 5.41) is 0. The molecular formula is C11H20. The molecule has 1 aliphatic rings. The summed E-state index contributed by atoms with van der Waals surface area (Å²) >= 11 is 0. The van der Waals surface area contributed by atoms with Crippen molar-refractivity contribution in [2.45, 2.75) is 39.5 Å². The molecular weight excluding hydrogens is 132 g/mol. The van der Waals surface area contributed by atoms with Gasteiger partial charge < -0.3 is 0 Å². The summed E-state index contributed by atoms with van der Waals surface area (Å²) in [6, 6.07) is 0. The monoisotopic (exact) mass is 152 g/mol. The van der Waals surface area contributed by atoms with Crippen LogP contribution < -0.4 is 0 Å². The zero-order valence-electron chi connectivity index (χ0n) is 7.84. The van der Waals surface area contributed by atoms with Gasteiger partial charge in [-0.2, -0.15) is 0 Å². The fourth-order valence-electron chi connectivity index (χ4n) is 2.09. The molecule has 1 rings (SSSR count). The van der Waals surface area contributed by atoms with Gasteiger partial charge in [-0.15, -0.1) is 6.58 Å². The fourth-order valence-corrected chi connectivity index (χ4v) is 2.09. The Morgan fingerprint density at radius 1 is 1.36 bits per heavy atom. The van der Waals surface area contributed by atoms with E-state index in [1.807, 2.05) is 0 Å². The van der Waals surface area contributed by atoms with Gasteiger partial charge in [0.1, 0.15) is 0 Å². The largest absolute Gasteiger partial charge is 0.103 e. The molecule has 2 unspecified atom stereocenters. The van der Waals surface area contributed by atoms with E-state index in [2.05, 4.69) is 26.5 Å². The van der Waals surface area contributed by atoms with Crippen LogP contribution >= 0.6 is 0 Å².